The van der Waals surface area contributed by atoms with Gasteiger partial charge in [0.2, 0.25) is 5.91 Å². The zero-order valence-electron chi connectivity index (χ0n) is 20.1. The van der Waals surface area contributed by atoms with Gasteiger partial charge < -0.3 is 30.1 Å². The normalized spacial score (nSPS) is 23.7. The van der Waals surface area contributed by atoms with Crippen molar-refractivity contribution in [1.82, 2.24) is 25.3 Å². The number of hydrogen-bond donors (Lipinski definition) is 2. The van der Waals surface area contributed by atoms with Crippen LogP contribution in [0.1, 0.15) is 37.7 Å². The predicted octanol–water partition coefficient (Wildman–Crippen LogP) is 2.03. The number of benzene rings is 1. The molecule has 3 aliphatic heterocycles. The maximum atomic E-state index is 12.7. The van der Waals surface area contributed by atoms with Crippen LogP contribution >= 0.6 is 0 Å². The van der Waals surface area contributed by atoms with E-state index < -0.39 is 0 Å². The Bertz CT molecular complexity index is 843. The summed E-state index contributed by atoms with van der Waals surface area (Å²) in [5, 5.41) is 6.22. The Hall–Kier alpha value is -2.81. The maximum Gasteiger partial charge on any atom is 0.410 e. The minimum absolute atomic E-state index is 0.0265. The second kappa shape index (κ2) is 11.6. The molecule has 0 spiro atoms. The van der Waals surface area contributed by atoms with E-state index in [4.69, 9.17) is 4.74 Å². The fourth-order valence-corrected chi connectivity index (χ4v) is 5.09. The summed E-state index contributed by atoms with van der Waals surface area (Å²) in [6.45, 7) is 4.63. The summed E-state index contributed by atoms with van der Waals surface area (Å²) in [5.74, 6) is 0.534. The first kappa shape index (κ1) is 24.3. The number of hydrogen-bond acceptors (Lipinski definition) is 5. The third kappa shape index (κ3) is 6.85. The van der Waals surface area contributed by atoms with Gasteiger partial charge >= 0.3 is 12.1 Å². The van der Waals surface area contributed by atoms with E-state index in [-0.39, 0.29) is 36.7 Å². The molecule has 9 heteroatoms. The highest BCUT2D eigenvalue weighted by atomic mass is 16.6. The van der Waals surface area contributed by atoms with Crippen molar-refractivity contribution in [2.24, 2.45) is 5.92 Å². The lowest BCUT2D eigenvalue weighted by Crippen LogP contribution is -2.50. The fourth-order valence-electron chi connectivity index (χ4n) is 5.09. The SMILES string of the molecule is CN1CC[C@@H](CC(=O)N[C@@H]2CCN(C(=O)NC3CCN(C(=O)OCc4ccccc4)CC3)C2)C1. The molecule has 2 N–H and O–H groups in total. The van der Waals surface area contributed by atoms with Crippen LogP contribution in [0.15, 0.2) is 30.3 Å². The summed E-state index contributed by atoms with van der Waals surface area (Å²) in [6, 6.07) is 9.61. The Morgan fingerprint density at radius 2 is 1.59 bits per heavy atom. The fraction of sp³-hybridized carbons (Fsp3) is 0.640. The van der Waals surface area contributed by atoms with Crippen molar-refractivity contribution < 1.29 is 19.1 Å². The molecule has 3 heterocycles. The van der Waals surface area contributed by atoms with E-state index in [2.05, 4.69) is 22.6 Å². The quantitative estimate of drug-likeness (QED) is 0.662. The lowest BCUT2D eigenvalue weighted by atomic mass is 10.0. The summed E-state index contributed by atoms with van der Waals surface area (Å²) < 4.78 is 5.41. The summed E-state index contributed by atoms with van der Waals surface area (Å²) in [6.07, 6.45) is 3.53. The summed E-state index contributed by atoms with van der Waals surface area (Å²) in [5.41, 5.74) is 0.962. The van der Waals surface area contributed by atoms with E-state index in [1.807, 2.05) is 30.3 Å². The standard InChI is InChI=1S/C25H37N5O4/c1-28-11-7-20(16-28)15-23(31)26-22-10-14-30(17-22)24(32)27-21-8-12-29(13-9-21)25(33)34-18-19-5-3-2-4-6-19/h2-6,20-22H,7-18H2,1H3,(H,26,31)(H,27,32)/t20-,22+/m0/s1. The first-order chi connectivity index (χ1) is 16.5. The van der Waals surface area contributed by atoms with Crippen LogP contribution in [0.4, 0.5) is 9.59 Å². The van der Waals surface area contributed by atoms with Crippen molar-refractivity contribution in [2.45, 2.75) is 50.8 Å². The number of carbonyl (C=O) groups excluding carboxylic acids is 3. The molecule has 3 saturated heterocycles. The number of piperidine rings is 1. The van der Waals surface area contributed by atoms with Crippen molar-refractivity contribution in [3.63, 3.8) is 0 Å². The number of carbonyl (C=O) groups is 3. The molecule has 2 atom stereocenters. The van der Waals surface area contributed by atoms with E-state index in [1.165, 1.54) is 0 Å². The van der Waals surface area contributed by atoms with Gasteiger partial charge in [0.15, 0.2) is 0 Å². The van der Waals surface area contributed by atoms with Crippen LogP contribution in [0, 0.1) is 5.92 Å². The molecule has 0 bridgehead atoms. The summed E-state index contributed by atoms with van der Waals surface area (Å²) in [7, 11) is 2.09. The number of nitrogens with zero attached hydrogens (tertiary/aromatic N) is 3. The van der Waals surface area contributed by atoms with Gasteiger partial charge in [-0.1, -0.05) is 30.3 Å². The molecule has 4 rings (SSSR count). The number of urea groups is 1. The first-order valence-electron chi connectivity index (χ1n) is 12.4. The molecular weight excluding hydrogens is 434 g/mol. The number of likely N-dealkylation sites (tertiary alicyclic amines) is 3. The Balaban J connectivity index is 1.12. The molecule has 0 radical (unpaired) electrons. The summed E-state index contributed by atoms with van der Waals surface area (Å²) >= 11 is 0. The van der Waals surface area contributed by atoms with Gasteiger partial charge in [0, 0.05) is 51.2 Å². The Labute approximate surface area is 201 Å². The lowest BCUT2D eigenvalue weighted by Gasteiger charge is -2.32. The van der Waals surface area contributed by atoms with Crippen LogP contribution in [0.2, 0.25) is 0 Å². The highest BCUT2D eigenvalue weighted by Gasteiger charge is 2.31. The van der Waals surface area contributed by atoms with Crippen LogP contribution in [0.3, 0.4) is 0 Å². The van der Waals surface area contributed by atoms with Gasteiger partial charge in [-0.2, -0.15) is 0 Å². The highest BCUT2D eigenvalue weighted by molar-refractivity contribution is 5.77. The van der Waals surface area contributed by atoms with E-state index in [9.17, 15) is 14.4 Å². The van der Waals surface area contributed by atoms with Crippen molar-refractivity contribution in [1.29, 1.82) is 0 Å². The van der Waals surface area contributed by atoms with Crippen molar-refractivity contribution in [3.8, 4) is 0 Å². The molecule has 1 aromatic carbocycles. The lowest BCUT2D eigenvalue weighted by molar-refractivity contribution is -0.122. The van der Waals surface area contributed by atoms with E-state index >= 15 is 0 Å². The highest BCUT2D eigenvalue weighted by Crippen LogP contribution is 2.19. The third-order valence-corrected chi connectivity index (χ3v) is 7.09. The molecular formula is C25H37N5O4. The van der Waals surface area contributed by atoms with Gasteiger partial charge in [-0.05, 0) is 50.8 Å². The van der Waals surface area contributed by atoms with E-state index in [0.717, 1.165) is 31.5 Å². The Kier molecular flexibility index (Phi) is 8.26. The monoisotopic (exact) mass is 471 g/mol. The molecule has 186 valence electrons. The van der Waals surface area contributed by atoms with Crippen LogP contribution < -0.4 is 10.6 Å². The molecule has 0 unspecified atom stereocenters. The van der Waals surface area contributed by atoms with E-state index in [0.29, 0.717) is 51.4 Å². The van der Waals surface area contributed by atoms with Crippen LogP contribution in [0.5, 0.6) is 0 Å². The van der Waals surface area contributed by atoms with Crippen LogP contribution in [0.25, 0.3) is 0 Å². The minimum atomic E-state index is -0.309. The largest absolute Gasteiger partial charge is 0.445 e. The van der Waals surface area contributed by atoms with E-state index in [1.54, 1.807) is 9.80 Å². The molecule has 0 saturated carbocycles. The first-order valence-corrected chi connectivity index (χ1v) is 12.4. The predicted molar refractivity (Wildman–Crippen MR) is 128 cm³/mol. The maximum absolute atomic E-state index is 12.7. The Morgan fingerprint density at radius 1 is 0.882 bits per heavy atom. The van der Waals surface area contributed by atoms with Gasteiger partial charge in [0.25, 0.3) is 0 Å². The zero-order chi connectivity index (χ0) is 23.9. The number of rotatable bonds is 6. The molecule has 0 aliphatic carbocycles. The van der Waals surface area contributed by atoms with Gasteiger partial charge in [0.05, 0.1) is 0 Å². The molecule has 3 fully saturated rings. The van der Waals surface area contributed by atoms with Gasteiger partial charge in [-0.15, -0.1) is 0 Å². The van der Waals surface area contributed by atoms with Crippen molar-refractivity contribution in [2.75, 3.05) is 46.3 Å². The summed E-state index contributed by atoms with van der Waals surface area (Å²) in [4.78, 5) is 43.2. The number of nitrogens with one attached hydrogen (secondary N) is 2. The van der Waals surface area contributed by atoms with Gasteiger partial charge in [0.1, 0.15) is 6.61 Å². The average Bonchev–Trinajstić information content (AvgIpc) is 3.47. The number of amides is 4. The van der Waals surface area contributed by atoms with Crippen molar-refractivity contribution in [3.05, 3.63) is 35.9 Å². The molecule has 1 aromatic rings. The smallest absolute Gasteiger partial charge is 0.410 e. The zero-order valence-corrected chi connectivity index (χ0v) is 20.1. The average molecular weight is 472 g/mol. The molecule has 3 aliphatic rings. The van der Waals surface area contributed by atoms with Crippen molar-refractivity contribution >= 4 is 18.0 Å². The molecule has 34 heavy (non-hydrogen) atoms. The van der Waals surface area contributed by atoms with Crippen LogP contribution in [-0.2, 0) is 16.1 Å². The molecule has 0 aromatic heterocycles. The Morgan fingerprint density at radius 3 is 2.29 bits per heavy atom. The van der Waals surface area contributed by atoms with Crippen LogP contribution in [-0.4, -0.2) is 91.1 Å². The topological polar surface area (TPSA) is 94.2 Å². The number of ether oxygens (including phenoxy) is 1. The van der Waals surface area contributed by atoms with Gasteiger partial charge in [-0.25, -0.2) is 9.59 Å². The molecule has 9 nitrogen and oxygen atoms in total. The second-order valence-electron chi connectivity index (χ2n) is 9.87. The minimum Gasteiger partial charge on any atom is -0.445 e. The second-order valence-corrected chi connectivity index (χ2v) is 9.87. The third-order valence-electron chi connectivity index (χ3n) is 7.09. The van der Waals surface area contributed by atoms with Gasteiger partial charge in [-0.3, -0.25) is 4.79 Å². The molecule has 4 amide bonds.